The largest absolute Gasteiger partial charge is 0.491 e. The number of rotatable bonds is 7. The summed E-state index contributed by atoms with van der Waals surface area (Å²) in [6.07, 6.45) is -3.14. The molecule has 0 N–H and O–H groups in total. The number of thiazole rings is 1. The van der Waals surface area contributed by atoms with Gasteiger partial charge in [-0.3, -0.25) is 9.36 Å². The number of ether oxygens (including phenoxy) is 2. The summed E-state index contributed by atoms with van der Waals surface area (Å²) in [4.78, 5) is 32.0. The van der Waals surface area contributed by atoms with Gasteiger partial charge >= 0.3 is 12.1 Å². The van der Waals surface area contributed by atoms with Crippen molar-refractivity contribution in [3.63, 3.8) is 0 Å². The van der Waals surface area contributed by atoms with Crippen LogP contribution in [-0.2, 0) is 15.7 Å². The van der Waals surface area contributed by atoms with E-state index in [0.717, 1.165) is 23.5 Å². The number of aromatic nitrogens is 1. The van der Waals surface area contributed by atoms with Crippen LogP contribution in [-0.4, -0.2) is 23.2 Å². The Balaban J connectivity index is 1.63. The average molecular weight is 597 g/mol. The third-order valence-corrected chi connectivity index (χ3v) is 7.45. The highest BCUT2D eigenvalue weighted by atomic mass is 32.1. The molecule has 0 saturated heterocycles. The molecule has 11 heteroatoms. The molecule has 3 heterocycles. The first-order valence-electron chi connectivity index (χ1n) is 13.2. The molecule has 1 atom stereocenters. The zero-order chi connectivity index (χ0) is 30.2. The van der Waals surface area contributed by atoms with Crippen LogP contribution in [0.15, 0.2) is 86.1 Å². The van der Waals surface area contributed by atoms with E-state index in [2.05, 4.69) is 4.99 Å². The molecular formula is C31H27F3N2O5S. The predicted octanol–water partition coefficient (Wildman–Crippen LogP) is 5.86. The molecular weight excluding hydrogens is 569 g/mol. The van der Waals surface area contributed by atoms with Crippen molar-refractivity contribution < 1.29 is 31.9 Å². The zero-order valence-electron chi connectivity index (χ0n) is 23.2. The molecule has 42 heavy (non-hydrogen) atoms. The molecule has 0 spiro atoms. The highest BCUT2D eigenvalue weighted by Crippen LogP contribution is 2.36. The third-order valence-electron chi connectivity index (χ3n) is 6.47. The maximum absolute atomic E-state index is 13.9. The predicted molar refractivity (Wildman–Crippen MR) is 152 cm³/mol. The second kappa shape index (κ2) is 11.5. The fraction of sp³-hybridized carbons (Fsp3) is 0.258. The smallest absolute Gasteiger partial charge is 0.416 e. The Morgan fingerprint density at radius 1 is 1.14 bits per heavy atom. The number of alkyl halides is 3. The summed E-state index contributed by atoms with van der Waals surface area (Å²) in [5.74, 6) is 0.418. The van der Waals surface area contributed by atoms with Gasteiger partial charge in [0.05, 0.1) is 34.1 Å². The fourth-order valence-electron chi connectivity index (χ4n) is 4.72. The molecule has 0 saturated carbocycles. The minimum absolute atomic E-state index is 0.142. The number of hydrogen-bond acceptors (Lipinski definition) is 7. The second-order valence-corrected chi connectivity index (χ2v) is 10.8. The minimum atomic E-state index is -4.49. The maximum atomic E-state index is 13.9. The van der Waals surface area contributed by atoms with E-state index in [0.29, 0.717) is 21.8 Å². The van der Waals surface area contributed by atoms with Crippen LogP contribution in [0.1, 0.15) is 50.6 Å². The summed E-state index contributed by atoms with van der Waals surface area (Å²) in [5, 5.41) is 0. The van der Waals surface area contributed by atoms with E-state index in [1.54, 1.807) is 44.2 Å². The van der Waals surface area contributed by atoms with Gasteiger partial charge in [0.15, 0.2) is 4.80 Å². The Labute approximate surface area is 242 Å². The Bertz CT molecular complexity index is 1860. The molecule has 2 aromatic carbocycles. The number of halogens is 3. The van der Waals surface area contributed by atoms with Gasteiger partial charge in [-0.1, -0.05) is 41.7 Å². The average Bonchev–Trinajstić information content (AvgIpc) is 3.52. The van der Waals surface area contributed by atoms with E-state index in [1.807, 2.05) is 19.9 Å². The quantitative estimate of drug-likeness (QED) is 0.250. The second-order valence-electron chi connectivity index (χ2n) is 9.79. The topological polar surface area (TPSA) is 83.0 Å². The summed E-state index contributed by atoms with van der Waals surface area (Å²) >= 11 is 1.11. The molecule has 0 radical (unpaired) electrons. The summed E-state index contributed by atoms with van der Waals surface area (Å²) in [5.41, 5.74) is 0.273. The number of para-hydroxylation sites is 1. The zero-order valence-corrected chi connectivity index (χ0v) is 24.0. The number of carbonyl (C=O) groups is 1. The summed E-state index contributed by atoms with van der Waals surface area (Å²) in [6, 6.07) is 14.3. The van der Waals surface area contributed by atoms with Crippen molar-refractivity contribution in [1.82, 2.24) is 4.57 Å². The van der Waals surface area contributed by atoms with Gasteiger partial charge < -0.3 is 13.9 Å². The Morgan fingerprint density at radius 3 is 2.62 bits per heavy atom. The van der Waals surface area contributed by atoms with Gasteiger partial charge in [0, 0.05) is 17.2 Å². The van der Waals surface area contributed by atoms with Crippen LogP contribution in [0.25, 0.3) is 17.4 Å². The molecule has 1 unspecified atom stereocenters. The van der Waals surface area contributed by atoms with Crippen molar-refractivity contribution in [1.29, 1.82) is 0 Å². The van der Waals surface area contributed by atoms with Crippen molar-refractivity contribution in [3.8, 4) is 17.1 Å². The van der Waals surface area contributed by atoms with Gasteiger partial charge in [-0.2, -0.15) is 13.2 Å². The van der Waals surface area contributed by atoms with E-state index in [9.17, 15) is 22.8 Å². The first-order chi connectivity index (χ1) is 20.0. The van der Waals surface area contributed by atoms with Crippen LogP contribution in [0, 0.1) is 0 Å². The molecule has 218 valence electrons. The van der Waals surface area contributed by atoms with E-state index in [-0.39, 0.29) is 39.9 Å². The van der Waals surface area contributed by atoms with Crippen molar-refractivity contribution in [3.05, 3.63) is 109 Å². The Morgan fingerprint density at radius 2 is 1.90 bits per heavy atom. The molecule has 4 aromatic rings. The van der Waals surface area contributed by atoms with Crippen molar-refractivity contribution in [2.24, 2.45) is 4.99 Å². The van der Waals surface area contributed by atoms with E-state index in [1.165, 1.54) is 22.8 Å². The summed E-state index contributed by atoms with van der Waals surface area (Å²) < 4.78 is 58.5. The molecule has 1 aliphatic heterocycles. The Kier molecular flexibility index (Phi) is 7.96. The summed E-state index contributed by atoms with van der Waals surface area (Å²) in [7, 11) is 0. The lowest BCUT2D eigenvalue weighted by Gasteiger charge is -2.26. The number of hydrogen-bond donors (Lipinski definition) is 0. The van der Waals surface area contributed by atoms with E-state index >= 15 is 0 Å². The number of esters is 1. The van der Waals surface area contributed by atoms with Crippen LogP contribution >= 0.6 is 11.3 Å². The first kappa shape index (κ1) is 29.1. The molecule has 5 rings (SSSR count). The maximum Gasteiger partial charge on any atom is 0.416 e. The van der Waals surface area contributed by atoms with Gasteiger partial charge in [-0.15, -0.1) is 0 Å². The van der Waals surface area contributed by atoms with Crippen molar-refractivity contribution >= 4 is 23.4 Å². The molecule has 2 aromatic heterocycles. The standard InChI is InChI=1S/C31H27F3N2O5S/c1-5-39-29(38)26-18(4)35-30-36(27(26)22-11-6-7-12-24(22)40-17(2)3)28(37)25(42-30)16-21-13-14-23(41-21)19-9-8-10-20(15-19)31(32,33)34/h6-17,27H,5H2,1-4H3/b25-16-. The van der Waals surface area contributed by atoms with Crippen LogP contribution in [0.5, 0.6) is 5.75 Å². The third kappa shape index (κ3) is 5.69. The van der Waals surface area contributed by atoms with Gasteiger partial charge in [0.1, 0.15) is 23.3 Å². The molecule has 0 aliphatic carbocycles. The van der Waals surface area contributed by atoms with Crippen molar-refractivity contribution in [2.45, 2.75) is 46.0 Å². The lowest BCUT2D eigenvalue weighted by molar-refractivity contribution is -0.139. The first-order valence-corrected chi connectivity index (χ1v) is 14.0. The van der Waals surface area contributed by atoms with Crippen molar-refractivity contribution in [2.75, 3.05) is 6.61 Å². The molecule has 0 amide bonds. The molecule has 0 bridgehead atoms. The normalized spacial score (nSPS) is 15.5. The number of benzene rings is 2. The molecule has 7 nitrogen and oxygen atoms in total. The van der Waals surface area contributed by atoms with Crippen LogP contribution < -0.4 is 19.6 Å². The number of fused-ring (bicyclic) bond motifs is 1. The van der Waals surface area contributed by atoms with Gasteiger partial charge in [0.2, 0.25) is 0 Å². The summed E-state index contributed by atoms with van der Waals surface area (Å²) in [6.45, 7) is 7.30. The van der Waals surface area contributed by atoms with E-state index in [4.69, 9.17) is 13.9 Å². The van der Waals surface area contributed by atoms with Gasteiger partial charge in [0.25, 0.3) is 5.56 Å². The number of furan rings is 1. The molecule has 0 fully saturated rings. The highest BCUT2D eigenvalue weighted by molar-refractivity contribution is 7.07. The number of nitrogens with zero attached hydrogens (tertiary/aromatic N) is 2. The fourth-order valence-corrected chi connectivity index (χ4v) is 5.74. The van der Waals surface area contributed by atoms with Crippen LogP contribution in [0.4, 0.5) is 13.2 Å². The van der Waals surface area contributed by atoms with E-state index < -0.39 is 29.3 Å². The number of allylic oxidation sites excluding steroid dienone is 1. The lowest BCUT2D eigenvalue weighted by Crippen LogP contribution is -2.40. The van der Waals surface area contributed by atoms with Gasteiger partial charge in [-0.25, -0.2) is 9.79 Å². The Hall–Kier alpha value is -4.38. The van der Waals surface area contributed by atoms with Crippen LogP contribution in [0.2, 0.25) is 0 Å². The molecule has 1 aliphatic rings. The highest BCUT2D eigenvalue weighted by Gasteiger charge is 2.35. The van der Waals surface area contributed by atoms with Gasteiger partial charge in [-0.05, 0) is 58.0 Å². The monoisotopic (exact) mass is 596 g/mol. The van der Waals surface area contributed by atoms with Crippen LogP contribution in [0.3, 0.4) is 0 Å². The number of carbonyl (C=O) groups excluding carboxylic acids is 1. The SMILES string of the molecule is CCOC(=O)C1=C(C)N=c2s/c(=C\c3ccc(-c4cccc(C(F)(F)F)c4)o3)c(=O)n2C1c1ccccc1OC(C)C. The minimum Gasteiger partial charge on any atom is -0.491 e. The lowest BCUT2D eigenvalue weighted by atomic mass is 9.95.